The minimum atomic E-state index is 0.0200. The van der Waals surface area contributed by atoms with E-state index in [4.69, 9.17) is 5.73 Å². The SMILES string of the molecule is C=CCN(C(=O)c1cc(N)ccc1Br)C1CC1. The second-order valence-electron chi connectivity index (χ2n) is 4.22. The van der Waals surface area contributed by atoms with E-state index in [1.165, 1.54) is 0 Å². The monoisotopic (exact) mass is 294 g/mol. The molecule has 3 nitrogen and oxygen atoms in total. The molecule has 4 heteroatoms. The largest absolute Gasteiger partial charge is 0.399 e. The van der Waals surface area contributed by atoms with Gasteiger partial charge in [-0.25, -0.2) is 0 Å². The van der Waals surface area contributed by atoms with Crippen molar-refractivity contribution in [2.24, 2.45) is 0 Å². The topological polar surface area (TPSA) is 46.3 Å². The summed E-state index contributed by atoms with van der Waals surface area (Å²) < 4.78 is 0.784. The third kappa shape index (κ3) is 2.69. The molecule has 0 radical (unpaired) electrons. The zero-order valence-electron chi connectivity index (χ0n) is 9.53. The van der Waals surface area contributed by atoms with Crippen molar-refractivity contribution in [1.82, 2.24) is 4.90 Å². The maximum Gasteiger partial charge on any atom is 0.255 e. The number of nitrogen functional groups attached to an aromatic ring is 1. The van der Waals surface area contributed by atoms with E-state index < -0.39 is 0 Å². The number of carbonyl (C=O) groups excluding carboxylic acids is 1. The molecule has 0 spiro atoms. The van der Waals surface area contributed by atoms with E-state index >= 15 is 0 Å². The second kappa shape index (κ2) is 4.92. The van der Waals surface area contributed by atoms with Crippen LogP contribution in [0.5, 0.6) is 0 Å². The molecule has 0 saturated heterocycles. The standard InChI is InChI=1S/C13H15BrN2O/c1-2-7-16(10-4-5-10)13(17)11-8-9(15)3-6-12(11)14/h2-3,6,8,10H,1,4-5,7,15H2. The number of nitrogens with zero attached hydrogens (tertiary/aromatic N) is 1. The third-order valence-corrected chi connectivity index (χ3v) is 3.49. The van der Waals surface area contributed by atoms with Crippen LogP contribution in [0.4, 0.5) is 5.69 Å². The summed E-state index contributed by atoms with van der Waals surface area (Å²) in [4.78, 5) is 14.2. The fraction of sp³-hybridized carbons (Fsp3) is 0.308. The van der Waals surface area contributed by atoms with Gasteiger partial charge in [-0.1, -0.05) is 6.08 Å². The van der Waals surface area contributed by atoms with Gasteiger partial charge in [-0.3, -0.25) is 4.79 Å². The van der Waals surface area contributed by atoms with Gasteiger partial charge in [-0.15, -0.1) is 6.58 Å². The lowest BCUT2D eigenvalue weighted by molar-refractivity contribution is 0.0762. The van der Waals surface area contributed by atoms with Crippen LogP contribution in [0.2, 0.25) is 0 Å². The maximum absolute atomic E-state index is 12.4. The van der Waals surface area contributed by atoms with Gasteiger partial charge in [0.2, 0.25) is 0 Å². The van der Waals surface area contributed by atoms with Gasteiger partial charge in [0.25, 0.3) is 5.91 Å². The normalized spacial score (nSPS) is 14.4. The molecular formula is C13H15BrN2O. The van der Waals surface area contributed by atoms with Crippen molar-refractivity contribution in [2.75, 3.05) is 12.3 Å². The molecule has 1 aliphatic carbocycles. The molecule has 2 N–H and O–H groups in total. The van der Waals surface area contributed by atoms with Crippen molar-refractivity contribution in [3.05, 3.63) is 40.9 Å². The Morgan fingerprint density at radius 3 is 2.88 bits per heavy atom. The number of benzene rings is 1. The third-order valence-electron chi connectivity index (χ3n) is 2.80. The quantitative estimate of drug-likeness (QED) is 0.686. The summed E-state index contributed by atoms with van der Waals surface area (Å²) in [6, 6.07) is 5.66. The minimum Gasteiger partial charge on any atom is -0.399 e. The van der Waals surface area contributed by atoms with Crippen molar-refractivity contribution >= 4 is 27.5 Å². The molecule has 0 aromatic heterocycles. The number of halogens is 1. The molecular weight excluding hydrogens is 280 g/mol. The van der Waals surface area contributed by atoms with Crippen molar-refractivity contribution in [3.63, 3.8) is 0 Å². The van der Waals surface area contributed by atoms with E-state index in [1.54, 1.807) is 18.2 Å². The van der Waals surface area contributed by atoms with Crippen molar-refractivity contribution in [3.8, 4) is 0 Å². The van der Waals surface area contributed by atoms with Crippen LogP contribution < -0.4 is 5.73 Å². The highest BCUT2D eigenvalue weighted by atomic mass is 79.9. The molecule has 1 amide bonds. The lowest BCUT2D eigenvalue weighted by atomic mass is 10.1. The Hall–Kier alpha value is -1.29. The van der Waals surface area contributed by atoms with Crippen LogP contribution in [-0.2, 0) is 0 Å². The van der Waals surface area contributed by atoms with Gasteiger partial charge < -0.3 is 10.6 Å². The number of anilines is 1. The smallest absolute Gasteiger partial charge is 0.255 e. The molecule has 1 aromatic rings. The van der Waals surface area contributed by atoms with Gasteiger partial charge in [0.15, 0.2) is 0 Å². The van der Waals surface area contributed by atoms with Crippen LogP contribution in [0.15, 0.2) is 35.3 Å². The Balaban J connectivity index is 2.27. The van der Waals surface area contributed by atoms with Gasteiger partial charge in [-0.2, -0.15) is 0 Å². The van der Waals surface area contributed by atoms with Crippen molar-refractivity contribution < 1.29 is 4.79 Å². The number of hydrogen-bond acceptors (Lipinski definition) is 2. The Labute approximate surface area is 109 Å². The van der Waals surface area contributed by atoms with Gasteiger partial charge in [0, 0.05) is 22.7 Å². The molecule has 0 atom stereocenters. The van der Waals surface area contributed by atoms with Crippen molar-refractivity contribution in [2.45, 2.75) is 18.9 Å². The van der Waals surface area contributed by atoms with Gasteiger partial charge in [-0.05, 0) is 47.0 Å². The number of carbonyl (C=O) groups is 1. The highest BCUT2D eigenvalue weighted by Crippen LogP contribution is 2.30. The summed E-state index contributed by atoms with van der Waals surface area (Å²) in [7, 11) is 0. The Bertz CT molecular complexity index is 455. The van der Waals surface area contributed by atoms with Crippen LogP contribution in [0.3, 0.4) is 0 Å². The van der Waals surface area contributed by atoms with E-state index in [0.29, 0.717) is 23.8 Å². The highest BCUT2D eigenvalue weighted by Gasteiger charge is 2.32. The van der Waals surface area contributed by atoms with Gasteiger partial charge in [0.1, 0.15) is 0 Å². The van der Waals surface area contributed by atoms with Crippen LogP contribution in [0, 0.1) is 0 Å². The fourth-order valence-corrected chi connectivity index (χ4v) is 2.20. The molecule has 90 valence electrons. The predicted octanol–water partition coefficient (Wildman–Crippen LogP) is 2.82. The molecule has 1 saturated carbocycles. The first-order valence-electron chi connectivity index (χ1n) is 5.60. The minimum absolute atomic E-state index is 0.0200. The van der Waals surface area contributed by atoms with E-state index in [9.17, 15) is 4.79 Å². The molecule has 1 aliphatic rings. The lowest BCUT2D eigenvalue weighted by Gasteiger charge is -2.21. The average molecular weight is 295 g/mol. The average Bonchev–Trinajstić information content (AvgIpc) is 3.12. The molecule has 17 heavy (non-hydrogen) atoms. The predicted molar refractivity (Wildman–Crippen MR) is 72.8 cm³/mol. The summed E-state index contributed by atoms with van der Waals surface area (Å²) in [5.74, 6) is 0.0200. The van der Waals surface area contributed by atoms with Crippen LogP contribution in [0.1, 0.15) is 23.2 Å². The van der Waals surface area contributed by atoms with Crippen LogP contribution in [-0.4, -0.2) is 23.4 Å². The maximum atomic E-state index is 12.4. The summed E-state index contributed by atoms with van der Waals surface area (Å²) in [5, 5.41) is 0. The number of nitrogens with two attached hydrogens (primary N) is 1. The van der Waals surface area contributed by atoms with E-state index in [0.717, 1.165) is 17.3 Å². The molecule has 0 unspecified atom stereocenters. The fourth-order valence-electron chi connectivity index (χ4n) is 1.78. The molecule has 1 fully saturated rings. The van der Waals surface area contributed by atoms with Gasteiger partial charge in [0.05, 0.1) is 5.56 Å². The Kier molecular flexibility index (Phi) is 3.52. The lowest BCUT2D eigenvalue weighted by Crippen LogP contribution is -2.33. The first-order valence-corrected chi connectivity index (χ1v) is 6.39. The van der Waals surface area contributed by atoms with E-state index in [1.807, 2.05) is 11.0 Å². The Morgan fingerprint density at radius 1 is 1.59 bits per heavy atom. The number of amides is 1. The molecule has 2 rings (SSSR count). The zero-order valence-corrected chi connectivity index (χ0v) is 11.1. The molecule has 1 aromatic carbocycles. The summed E-state index contributed by atoms with van der Waals surface area (Å²) in [6.07, 6.45) is 3.93. The molecule has 0 bridgehead atoms. The van der Waals surface area contributed by atoms with Crippen LogP contribution in [0.25, 0.3) is 0 Å². The first-order chi connectivity index (χ1) is 8.13. The van der Waals surface area contributed by atoms with E-state index in [-0.39, 0.29) is 5.91 Å². The van der Waals surface area contributed by atoms with Gasteiger partial charge >= 0.3 is 0 Å². The second-order valence-corrected chi connectivity index (χ2v) is 5.07. The highest BCUT2D eigenvalue weighted by molar-refractivity contribution is 9.10. The van der Waals surface area contributed by atoms with Crippen LogP contribution >= 0.6 is 15.9 Å². The zero-order chi connectivity index (χ0) is 12.4. The van der Waals surface area contributed by atoms with Crippen molar-refractivity contribution in [1.29, 1.82) is 0 Å². The summed E-state index contributed by atoms with van der Waals surface area (Å²) in [5.41, 5.74) is 6.95. The summed E-state index contributed by atoms with van der Waals surface area (Å²) in [6.45, 7) is 4.28. The number of rotatable bonds is 4. The molecule has 0 heterocycles. The summed E-state index contributed by atoms with van der Waals surface area (Å²) >= 11 is 3.39. The number of hydrogen-bond donors (Lipinski definition) is 1. The van der Waals surface area contributed by atoms with E-state index in [2.05, 4.69) is 22.5 Å². The molecule has 0 aliphatic heterocycles. The Morgan fingerprint density at radius 2 is 2.29 bits per heavy atom. The first kappa shape index (κ1) is 12.2.